The quantitative estimate of drug-likeness (QED) is 0.903. The average Bonchev–Trinajstić information content (AvgIpc) is 2.44. The van der Waals surface area contributed by atoms with Crippen LogP contribution in [-0.4, -0.2) is 6.61 Å². The van der Waals surface area contributed by atoms with Crippen molar-refractivity contribution in [1.82, 2.24) is 0 Å². The van der Waals surface area contributed by atoms with Gasteiger partial charge in [0, 0.05) is 17.8 Å². The molecule has 0 aliphatic rings. The SMILES string of the molecule is CC(Nc1cc(F)cc(F)c1)c1ccc(OCC#N)cc1. The highest BCUT2D eigenvalue weighted by Crippen LogP contribution is 2.22. The molecule has 1 unspecified atom stereocenters. The van der Waals surface area contributed by atoms with Crippen LogP contribution in [0.25, 0.3) is 0 Å². The van der Waals surface area contributed by atoms with Gasteiger partial charge in [-0.05, 0) is 36.8 Å². The average molecular weight is 288 g/mol. The maximum atomic E-state index is 13.1. The Morgan fingerprint density at radius 2 is 1.76 bits per heavy atom. The number of nitrogens with one attached hydrogen (secondary N) is 1. The van der Waals surface area contributed by atoms with Crippen LogP contribution in [0, 0.1) is 23.0 Å². The Labute approximate surface area is 121 Å². The molecule has 1 N–H and O–H groups in total. The minimum absolute atomic E-state index is 0.00425. The summed E-state index contributed by atoms with van der Waals surface area (Å²) in [6, 6.07) is 12.2. The highest BCUT2D eigenvalue weighted by molar-refractivity contribution is 5.46. The summed E-state index contributed by atoms with van der Waals surface area (Å²) in [6.45, 7) is 1.88. The van der Waals surface area contributed by atoms with Crippen molar-refractivity contribution in [3.63, 3.8) is 0 Å². The zero-order chi connectivity index (χ0) is 15.2. The van der Waals surface area contributed by atoms with E-state index in [0.717, 1.165) is 11.6 Å². The van der Waals surface area contributed by atoms with Gasteiger partial charge in [0.15, 0.2) is 6.61 Å². The molecule has 0 heterocycles. The van der Waals surface area contributed by atoms with E-state index in [1.54, 1.807) is 12.1 Å². The first-order valence-corrected chi connectivity index (χ1v) is 6.41. The van der Waals surface area contributed by atoms with Gasteiger partial charge < -0.3 is 10.1 Å². The van der Waals surface area contributed by atoms with Crippen molar-refractivity contribution in [3.8, 4) is 11.8 Å². The summed E-state index contributed by atoms with van der Waals surface area (Å²) >= 11 is 0. The second kappa shape index (κ2) is 6.71. The van der Waals surface area contributed by atoms with E-state index in [1.165, 1.54) is 12.1 Å². The molecule has 21 heavy (non-hydrogen) atoms. The summed E-state index contributed by atoms with van der Waals surface area (Å²) in [7, 11) is 0. The van der Waals surface area contributed by atoms with Gasteiger partial charge in [0.2, 0.25) is 0 Å². The fourth-order valence-electron chi connectivity index (χ4n) is 1.94. The third-order valence-electron chi connectivity index (χ3n) is 2.93. The number of anilines is 1. The summed E-state index contributed by atoms with van der Waals surface area (Å²) in [4.78, 5) is 0. The molecule has 5 heteroatoms. The van der Waals surface area contributed by atoms with E-state index >= 15 is 0 Å². The van der Waals surface area contributed by atoms with Crippen LogP contribution in [0.5, 0.6) is 5.75 Å². The van der Waals surface area contributed by atoms with Crippen LogP contribution in [0.1, 0.15) is 18.5 Å². The Kier molecular flexibility index (Phi) is 4.72. The number of halogens is 2. The largest absolute Gasteiger partial charge is 0.479 e. The number of ether oxygens (including phenoxy) is 1. The van der Waals surface area contributed by atoms with E-state index in [0.29, 0.717) is 11.4 Å². The molecule has 2 aromatic rings. The fraction of sp³-hybridized carbons (Fsp3) is 0.188. The Balaban J connectivity index is 2.06. The van der Waals surface area contributed by atoms with Crippen molar-refractivity contribution in [2.24, 2.45) is 0 Å². The maximum Gasteiger partial charge on any atom is 0.174 e. The molecule has 0 aliphatic carbocycles. The number of hydrogen-bond acceptors (Lipinski definition) is 3. The van der Waals surface area contributed by atoms with E-state index in [9.17, 15) is 8.78 Å². The van der Waals surface area contributed by atoms with Gasteiger partial charge in [-0.3, -0.25) is 0 Å². The van der Waals surface area contributed by atoms with E-state index < -0.39 is 11.6 Å². The first kappa shape index (κ1) is 14.8. The maximum absolute atomic E-state index is 13.1. The van der Waals surface area contributed by atoms with Crippen LogP contribution in [0.3, 0.4) is 0 Å². The summed E-state index contributed by atoms with van der Waals surface area (Å²) < 4.78 is 31.4. The lowest BCUT2D eigenvalue weighted by Gasteiger charge is -2.16. The van der Waals surface area contributed by atoms with E-state index in [-0.39, 0.29) is 12.6 Å². The molecule has 3 nitrogen and oxygen atoms in total. The summed E-state index contributed by atoms with van der Waals surface area (Å²) in [6.07, 6.45) is 0. The van der Waals surface area contributed by atoms with E-state index in [1.807, 2.05) is 25.1 Å². The molecule has 108 valence electrons. The Morgan fingerprint density at radius 3 is 2.33 bits per heavy atom. The number of nitrogens with zero attached hydrogens (tertiary/aromatic N) is 1. The third-order valence-corrected chi connectivity index (χ3v) is 2.93. The van der Waals surface area contributed by atoms with Crippen LogP contribution < -0.4 is 10.1 Å². The molecule has 2 rings (SSSR count). The zero-order valence-corrected chi connectivity index (χ0v) is 11.4. The standard InChI is InChI=1S/C16H14F2N2O/c1-11(20-15-9-13(17)8-14(18)10-15)12-2-4-16(5-3-12)21-7-6-19/h2-5,8-11,20H,7H2,1H3. The van der Waals surface area contributed by atoms with Gasteiger partial charge >= 0.3 is 0 Å². The van der Waals surface area contributed by atoms with Crippen molar-refractivity contribution in [1.29, 1.82) is 5.26 Å². The Morgan fingerprint density at radius 1 is 1.14 bits per heavy atom. The lowest BCUT2D eigenvalue weighted by atomic mass is 10.1. The van der Waals surface area contributed by atoms with Gasteiger partial charge in [-0.1, -0.05) is 12.1 Å². The molecule has 1 atom stereocenters. The number of benzene rings is 2. The van der Waals surface area contributed by atoms with Crippen LogP contribution >= 0.6 is 0 Å². The zero-order valence-electron chi connectivity index (χ0n) is 11.4. The lowest BCUT2D eigenvalue weighted by molar-refractivity contribution is 0.368. The minimum Gasteiger partial charge on any atom is -0.479 e. The van der Waals surface area contributed by atoms with Crippen molar-refractivity contribution in [2.75, 3.05) is 11.9 Å². The fourth-order valence-corrected chi connectivity index (χ4v) is 1.94. The van der Waals surface area contributed by atoms with E-state index in [4.69, 9.17) is 10.00 Å². The highest BCUT2D eigenvalue weighted by atomic mass is 19.1. The smallest absolute Gasteiger partial charge is 0.174 e. The molecular formula is C16H14F2N2O. The molecule has 0 saturated carbocycles. The van der Waals surface area contributed by atoms with Crippen molar-refractivity contribution in [3.05, 3.63) is 59.7 Å². The monoisotopic (exact) mass is 288 g/mol. The van der Waals surface area contributed by atoms with Crippen LogP contribution in [0.2, 0.25) is 0 Å². The molecule has 0 aromatic heterocycles. The number of rotatable bonds is 5. The molecule has 0 spiro atoms. The van der Waals surface area contributed by atoms with Crippen molar-refractivity contribution in [2.45, 2.75) is 13.0 Å². The summed E-state index contributed by atoms with van der Waals surface area (Å²) in [5, 5.41) is 11.5. The first-order valence-electron chi connectivity index (χ1n) is 6.41. The van der Waals surface area contributed by atoms with Gasteiger partial charge in [0.25, 0.3) is 0 Å². The van der Waals surface area contributed by atoms with Gasteiger partial charge in [0.05, 0.1) is 0 Å². The second-order valence-corrected chi connectivity index (χ2v) is 4.54. The molecular weight excluding hydrogens is 274 g/mol. The predicted molar refractivity (Wildman–Crippen MR) is 75.9 cm³/mol. The molecule has 0 radical (unpaired) electrons. The van der Waals surface area contributed by atoms with E-state index in [2.05, 4.69) is 5.32 Å². The molecule has 0 fully saturated rings. The van der Waals surface area contributed by atoms with Gasteiger partial charge in [-0.25, -0.2) is 8.78 Å². The predicted octanol–water partition coefficient (Wildman–Crippen LogP) is 4.04. The molecule has 0 amide bonds. The topological polar surface area (TPSA) is 45.0 Å². The summed E-state index contributed by atoms with van der Waals surface area (Å²) in [5.74, 6) is -0.640. The van der Waals surface area contributed by atoms with Crippen molar-refractivity contribution < 1.29 is 13.5 Å². The Bertz CT molecular complexity index is 630. The van der Waals surface area contributed by atoms with Crippen molar-refractivity contribution >= 4 is 5.69 Å². The van der Waals surface area contributed by atoms with Crippen LogP contribution in [0.15, 0.2) is 42.5 Å². The van der Waals surface area contributed by atoms with Gasteiger partial charge in [0.1, 0.15) is 23.5 Å². The van der Waals surface area contributed by atoms with Gasteiger partial charge in [-0.15, -0.1) is 0 Å². The normalized spacial score (nSPS) is 11.5. The molecule has 0 bridgehead atoms. The first-order chi connectivity index (χ1) is 10.1. The minimum atomic E-state index is -0.620. The lowest BCUT2D eigenvalue weighted by Crippen LogP contribution is -2.07. The number of nitriles is 1. The Hall–Kier alpha value is -2.61. The van der Waals surface area contributed by atoms with Crippen LogP contribution in [0.4, 0.5) is 14.5 Å². The van der Waals surface area contributed by atoms with Gasteiger partial charge in [-0.2, -0.15) is 5.26 Å². The van der Waals surface area contributed by atoms with Crippen LogP contribution in [-0.2, 0) is 0 Å². The molecule has 0 aliphatic heterocycles. The molecule has 2 aromatic carbocycles. The summed E-state index contributed by atoms with van der Waals surface area (Å²) in [5.41, 5.74) is 1.31. The third kappa shape index (κ3) is 4.18. The number of hydrogen-bond donors (Lipinski definition) is 1. The second-order valence-electron chi connectivity index (χ2n) is 4.54. The molecule has 0 saturated heterocycles. The highest BCUT2D eigenvalue weighted by Gasteiger charge is 2.07.